The molecule has 30 heavy (non-hydrogen) atoms. The van der Waals surface area contributed by atoms with Crippen LogP contribution in [0.1, 0.15) is 32.0 Å². The number of aromatic nitrogens is 1. The molecule has 0 bridgehead atoms. The highest BCUT2D eigenvalue weighted by molar-refractivity contribution is 6.08. The van der Waals surface area contributed by atoms with Gasteiger partial charge in [-0.1, -0.05) is 66.8 Å². The van der Waals surface area contributed by atoms with Gasteiger partial charge in [-0.25, -0.2) is 0 Å². The molecule has 0 aliphatic rings. The molecule has 0 radical (unpaired) electrons. The number of rotatable bonds is 4. The Balaban J connectivity index is 0.000000589. The predicted molar refractivity (Wildman–Crippen MR) is 127 cm³/mol. The molecular formula is C27H27NO2. The molecule has 0 aliphatic carbocycles. The van der Waals surface area contributed by atoms with Gasteiger partial charge in [-0.2, -0.15) is 0 Å². The van der Waals surface area contributed by atoms with Crippen molar-refractivity contribution in [3.63, 3.8) is 0 Å². The minimum atomic E-state index is -0.827. The van der Waals surface area contributed by atoms with Crippen LogP contribution in [0.3, 0.4) is 0 Å². The Morgan fingerprint density at radius 1 is 0.867 bits per heavy atom. The first kappa shape index (κ1) is 21.1. The van der Waals surface area contributed by atoms with Crippen LogP contribution in [0.2, 0.25) is 0 Å². The van der Waals surface area contributed by atoms with Gasteiger partial charge in [-0.3, -0.25) is 4.79 Å². The molecule has 0 fully saturated rings. The Labute approximate surface area is 177 Å². The van der Waals surface area contributed by atoms with E-state index in [0.717, 1.165) is 22.5 Å². The van der Waals surface area contributed by atoms with Crippen LogP contribution in [0.5, 0.6) is 0 Å². The Morgan fingerprint density at radius 2 is 1.57 bits per heavy atom. The van der Waals surface area contributed by atoms with E-state index in [-0.39, 0.29) is 6.42 Å². The standard InChI is InChI=1S/C23H19NO2.C4H8/c1-2-7-18-15-20-19-10-5-3-8-16(19)12-13-22(20)24(18)21-11-6-4-9-17(21)14-23(25)26;1-3-4-2/h2-13,15H,14H2,1H3,(H,25,26);3-4H,1-2H3/b7-2+;4-3-. The van der Waals surface area contributed by atoms with Gasteiger partial charge in [-0.05, 0) is 61.4 Å². The highest BCUT2D eigenvalue weighted by atomic mass is 16.4. The van der Waals surface area contributed by atoms with Crippen LogP contribution in [0.15, 0.2) is 85.0 Å². The molecule has 3 nitrogen and oxygen atoms in total. The molecule has 0 unspecified atom stereocenters. The number of para-hydroxylation sites is 1. The van der Waals surface area contributed by atoms with Gasteiger partial charge in [0.1, 0.15) is 0 Å². The zero-order valence-corrected chi connectivity index (χ0v) is 17.7. The number of benzene rings is 3. The number of nitrogens with zero attached hydrogens (tertiary/aromatic N) is 1. The van der Waals surface area contributed by atoms with Crippen LogP contribution >= 0.6 is 0 Å². The van der Waals surface area contributed by atoms with E-state index < -0.39 is 5.97 Å². The van der Waals surface area contributed by atoms with Crippen molar-refractivity contribution in [3.05, 3.63) is 96.2 Å². The van der Waals surface area contributed by atoms with E-state index in [4.69, 9.17) is 0 Å². The number of carbonyl (C=O) groups is 1. The average Bonchev–Trinajstić information content (AvgIpc) is 3.12. The molecule has 3 heteroatoms. The van der Waals surface area contributed by atoms with Crippen molar-refractivity contribution in [2.24, 2.45) is 0 Å². The summed E-state index contributed by atoms with van der Waals surface area (Å²) < 4.78 is 2.15. The molecule has 0 saturated heterocycles. The van der Waals surface area contributed by atoms with Gasteiger partial charge in [0.25, 0.3) is 0 Å². The second kappa shape index (κ2) is 9.75. The summed E-state index contributed by atoms with van der Waals surface area (Å²) in [5.74, 6) is -0.827. The lowest BCUT2D eigenvalue weighted by molar-refractivity contribution is -0.136. The summed E-state index contributed by atoms with van der Waals surface area (Å²) in [6, 6.07) is 22.4. The first-order chi connectivity index (χ1) is 14.6. The zero-order chi connectivity index (χ0) is 21.5. The maximum atomic E-state index is 11.3. The molecule has 1 heterocycles. The largest absolute Gasteiger partial charge is 0.481 e. The average molecular weight is 398 g/mol. The van der Waals surface area contributed by atoms with Crippen molar-refractivity contribution in [1.29, 1.82) is 0 Å². The molecule has 1 N–H and O–H groups in total. The number of hydrogen-bond donors (Lipinski definition) is 1. The van der Waals surface area contributed by atoms with Gasteiger partial charge >= 0.3 is 5.97 Å². The van der Waals surface area contributed by atoms with E-state index in [0.29, 0.717) is 0 Å². The first-order valence-corrected chi connectivity index (χ1v) is 10.1. The lowest BCUT2D eigenvalue weighted by Gasteiger charge is -2.13. The van der Waals surface area contributed by atoms with Gasteiger partial charge in [0.05, 0.1) is 11.9 Å². The molecule has 1 aromatic heterocycles. The highest BCUT2D eigenvalue weighted by Crippen LogP contribution is 2.32. The molecule has 0 amide bonds. The third-order valence-electron chi connectivity index (χ3n) is 4.98. The summed E-state index contributed by atoms with van der Waals surface area (Å²) in [5.41, 5.74) is 3.83. The Kier molecular flexibility index (Phi) is 6.87. The smallest absolute Gasteiger partial charge is 0.307 e. The van der Waals surface area contributed by atoms with Gasteiger partial charge in [-0.15, -0.1) is 0 Å². The summed E-state index contributed by atoms with van der Waals surface area (Å²) in [6.45, 7) is 5.99. The fourth-order valence-corrected chi connectivity index (χ4v) is 3.59. The van der Waals surface area contributed by atoms with Gasteiger partial charge in [0.15, 0.2) is 0 Å². The molecule has 0 aliphatic heterocycles. The fourth-order valence-electron chi connectivity index (χ4n) is 3.59. The van der Waals surface area contributed by atoms with E-state index in [9.17, 15) is 9.90 Å². The molecule has 0 atom stereocenters. The number of hydrogen-bond acceptors (Lipinski definition) is 1. The Morgan fingerprint density at radius 3 is 2.27 bits per heavy atom. The van der Waals surface area contributed by atoms with Crippen molar-refractivity contribution in [2.45, 2.75) is 27.2 Å². The molecule has 152 valence electrons. The number of allylic oxidation sites excluding steroid dienone is 3. The van der Waals surface area contributed by atoms with Crippen molar-refractivity contribution in [3.8, 4) is 5.69 Å². The zero-order valence-electron chi connectivity index (χ0n) is 17.7. The highest BCUT2D eigenvalue weighted by Gasteiger charge is 2.15. The second-order valence-electron chi connectivity index (χ2n) is 6.99. The van der Waals surface area contributed by atoms with Crippen molar-refractivity contribution < 1.29 is 9.90 Å². The molecule has 0 spiro atoms. The number of fused-ring (bicyclic) bond motifs is 3. The van der Waals surface area contributed by atoms with E-state index in [1.165, 1.54) is 16.2 Å². The van der Waals surface area contributed by atoms with Crippen LogP contribution in [-0.4, -0.2) is 15.6 Å². The minimum Gasteiger partial charge on any atom is -0.481 e. The third-order valence-corrected chi connectivity index (χ3v) is 4.98. The predicted octanol–water partition coefficient (Wildman–Crippen LogP) is 7.03. The quantitative estimate of drug-likeness (QED) is 0.376. The molecule has 4 aromatic rings. The number of aliphatic carboxylic acids is 1. The summed E-state index contributed by atoms with van der Waals surface area (Å²) in [7, 11) is 0. The van der Waals surface area contributed by atoms with Crippen molar-refractivity contribution in [1.82, 2.24) is 4.57 Å². The second-order valence-corrected chi connectivity index (χ2v) is 6.99. The Bertz CT molecular complexity index is 1220. The van der Waals surface area contributed by atoms with Crippen molar-refractivity contribution >= 4 is 33.7 Å². The van der Waals surface area contributed by atoms with Gasteiger partial charge < -0.3 is 9.67 Å². The topological polar surface area (TPSA) is 42.2 Å². The van der Waals surface area contributed by atoms with Crippen molar-refractivity contribution in [2.75, 3.05) is 0 Å². The maximum absolute atomic E-state index is 11.3. The van der Waals surface area contributed by atoms with Gasteiger partial charge in [0.2, 0.25) is 0 Å². The lowest BCUT2D eigenvalue weighted by Crippen LogP contribution is -2.06. The summed E-state index contributed by atoms with van der Waals surface area (Å²) in [5, 5.41) is 12.9. The number of carboxylic acids is 1. The third kappa shape index (κ3) is 4.36. The Hall–Kier alpha value is -3.59. The van der Waals surface area contributed by atoms with E-state index in [1.54, 1.807) is 0 Å². The fraction of sp³-hybridized carbons (Fsp3) is 0.148. The summed E-state index contributed by atoms with van der Waals surface area (Å²) in [4.78, 5) is 11.3. The normalized spacial score (nSPS) is 11.3. The lowest BCUT2D eigenvalue weighted by atomic mass is 10.1. The SMILES string of the molecule is C/C=C/c1cc2c3ccccc3ccc2n1-c1ccccc1CC(=O)O.C/C=C\C. The minimum absolute atomic E-state index is 0.00128. The van der Waals surface area contributed by atoms with E-state index >= 15 is 0 Å². The maximum Gasteiger partial charge on any atom is 0.307 e. The van der Waals surface area contributed by atoms with E-state index in [1.807, 2.05) is 75.4 Å². The summed E-state index contributed by atoms with van der Waals surface area (Å²) >= 11 is 0. The molecule has 4 rings (SSSR count). The first-order valence-electron chi connectivity index (χ1n) is 10.1. The van der Waals surface area contributed by atoms with Crippen LogP contribution in [-0.2, 0) is 11.2 Å². The van der Waals surface area contributed by atoms with Crippen LogP contribution < -0.4 is 0 Å². The van der Waals surface area contributed by atoms with Crippen LogP contribution in [0.4, 0.5) is 0 Å². The van der Waals surface area contributed by atoms with Gasteiger partial charge in [0, 0.05) is 16.8 Å². The molecule has 0 saturated carbocycles. The molecular weight excluding hydrogens is 370 g/mol. The number of carboxylic acid groups (broad SMARTS) is 1. The van der Waals surface area contributed by atoms with Crippen LogP contribution in [0, 0.1) is 0 Å². The monoisotopic (exact) mass is 397 g/mol. The molecule has 3 aromatic carbocycles. The van der Waals surface area contributed by atoms with Crippen LogP contribution in [0.25, 0.3) is 33.4 Å². The summed E-state index contributed by atoms with van der Waals surface area (Å²) in [6.07, 6.45) is 8.07. The van der Waals surface area contributed by atoms with E-state index in [2.05, 4.69) is 41.0 Å².